The molecular weight excluding hydrogens is 255 g/mol. The third kappa shape index (κ3) is 3.19. The van der Waals surface area contributed by atoms with Crippen LogP contribution in [-0.4, -0.2) is 43.5 Å². The van der Waals surface area contributed by atoms with Gasteiger partial charge in [-0.1, -0.05) is 13.8 Å². The molecule has 5 nitrogen and oxygen atoms in total. The molecular formula is C14H21BN2O3. The van der Waals surface area contributed by atoms with Gasteiger partial charge in [0.15, 0.2) is 0 Å². The van der Waals surface area contributed by atoms with Gasteiger partial charge in [-0.15, -0.1) is 0 Å². The molecule has 2 aliphatic heterocycles. The molecule has 0 atom stereocenters. The predicted molar refractivity (Wildman–Crippen MR) is 75.9 cm³/mol. The Morgan fingerprint density at radius 3 is 2.55 bits per heavy atom. The predicted octanol–water partition coefficient (Wildman–Crippen LogP) is 1.14. The Morgan fingerprint density at radius 1 is 1.15 bits per heavy atom. The number of hydrogen-bond donors (Lipinski definition) is 0. The van der Waals surface area contributed by atoms with Gasteiger partial charge in [-0.3, -0.25) is 9.97 Å². The lowest BCUT2D eigenvalue weighted by atomic mass is 9.80. The second-order valence-electron chi connectivity index (χ2n) is 6.37. The molecule has 0 bridgehead atoms. The Morgan fingerprint density at radius 2 is 1.85 bits per heavy atom. The van der Waals surface area contributed by atoms with E-state index in [1.165, 1.54) is 0 Å². The highest BCUT2D eigenvalue weighted by atomic mass is 16.6. The van der Waals surface area contributed by atoms with E-state index in [1.54, 1.807) is 6.20 Å². The van der Waals surface area contributed by atoms with Crippen molar-refractivity contribution in [1.82, 2.24) is 9.97 Å². The first-order valence-corrected chi connectivity index (χ1v) is 7.27. The van der Waals surface area contributed by atoms with E-state index >= 15 is 0 Å². The largest absolute Gasteiger partial charge is 0.515 e. The Balaban J connectivity index is 1.71. The Hall–Kier alpha value is -0.975. The number of hydrogen-bond acceptors (Lipinski definition) is 5. The van der Waals surface area contributed by atoms with E-state index < -0.39 is 0 Å². The number of aromatic nitrogens is 2. The highest BCUT2D eigenvalue weighted by molar-refractivity contribution is 6.60. The molecule has 0 aromatic carbocycles. The second kappa shape index (κ2) is 5.80. The maximum atomic E-state index is 5.77. The van der Waals surface area contributed by atoms with Crippen molar-refractivity contribution < 1.29 is 14.0 Å². The van der Waals surface area contributed by atoms with Gasteiger partial charge >= 0.3 is 7.12 Å². The second-order valence-corrected chi connectivity index (χ2v) is 6.37. The third-order valence-corrected chi connectivity index (χ3v) is 3.80. The molecule has 0 radical (unpaired) electrons. The lowest BCUT2D eigenvalue weighted by Gasteiger charge is -2.32. The van der Waals surface area contributed by atoms with Crippen LogP contribution < -0.4 is 5.59 Å². The molecule has 20 heavy (non-hydrogen) atoms. The number of nitrogens with zero attached hydrogens (tertiary/aromatic N) is 2. The van der Waals surface area contributed by atoms with Gasteiger partial charge in [0.2, 0.25) is 0 Å². The average molecular weight is 276 g/mol. The number of rotatable bonds is 2. The van der Waals surface area contributed by atoms with E-state index in [4.69, 9.17) is 19.0 Å². The highest BCUT2D eigenvalue weighted by Gasteiger charge is 2.35. The van der Waals surface area contributed by atoms with Crippen molar-refractivity contribution in [3.8, 4) is 0 Å². The van der Waals surface area contributed by atoms with E-state index in [2.05, 4.69) is 18.8 Å². The van der Waals surface area contributed by atoms with Gasteiger partial charge in [0.1, 0.15) is 0 Å². The Kier molecular flexibility index (Phi) is 4.05. The van der Waals surface area contributed by atoms with Crippen LogP contribution in [0, 0.1) is 5.41 Å². The topological polar surface area (TPSA) is 53.5 Å². The monoisotopic (exact) mass is 276 g/mol. The molecule has 0 spiro atoms. The summed E-state index contributed by atoms with van der Waals surface area (Å²) in [7, 11) is -0.379. The average Bonchev–Trinajstić information content (AvgIpc) is 2.48. The standard InChI is InChI=1S/C14H21BN2O3/c1-14(2)9-19-15(20-10-14)13-8-16-7-12(17-13)11-3-5-18-6-4-11/h7-8,11H,3-6,9-10H2,1-2H3. The van der Waals surface area contributed by atoms with Gasteiger partial charge < -0.3 is 14.0 Å². The van der Waals surface area contributed by atoms with Crippen LogP contribution in [0.5, 0.6) is 0 Å². The minimum atomic E-state index is -0.379. The van der Waals surface area contributed by atoms with Crippen LogP contribution in [0.1, 0.15) is 38.3 Å². The van der Waals surface area contributed by atoms with Crippen LogP contribution in [0.25, 0.3) is 0 Å². The summed E-state index contributed by atoms with van der Waals surface area (Å²) in [5.41, 5.74) is 1.88. The molecule has 6 heteroatoms. The summed E-state index contributed by atoms with van der Waals surface area (Å²) < 4.78 is 16.9. The molecule has 1 aromatic rings. The molecule has 3 heterocycles. The molecule has 3 rings (SSSR count). The van der Waals surface area contributed by atoms with Crippen LogP contribution >= 0.6 is 0 Å². The molecule has 0 N–H and O–H groups in total. The fraction of sp³-hybridized carbons (Fsp3) is 0.714. The summed E-state index contributed by atoms with van der Waals surface area (Å²) in [5.74, 6) is 0.441. The summed E-state index contributed by atoms with van der Waals surface area (Å²) in [6.45, 7) is 7.24. The van der Waals surface area contributed by atoms with Crippen LogP contribution in [0.2, 0.25) is 0 Å². The van der Waals surface area contributed by atoms with Crippen molar-refractivity contribution in [3.63, 3.8) is 0 Å². The van der Waals surface area contributed by atoms with Gasteiger partial charge in [0, 0.05) is 50.2 Å². The maximum Gasteiger partial charge on any atom is 0.515 e. The zero-order valence-electron chi connectivity index (χ0n) is 12.2. The summed E-state index contributed by atoms with van der Waals surface area (Å²) in [6, 6.07) is 0. The Bertz CT molecular complexity index is 453. The molecule has 0 amide bonds. The quantitative estimate of drug-likeness (QED) is 0.758. The zero-order valence-corrected chi connectivity index (χ0v) is 12.2. The smallest absolute Gasteiger partial charge is 0.406 e. The van der Waals surface area contributed by atoms with Gasteiger partial charge in [0.25, 0.3) is 0 Å². The van der Waals surface area contributed by atoms with E-state index in [1.807, 2.05) is 6.20 Å². The van der Waals surface area contributed by atoms with Crippen LogP contribution in [0.4, 0.5) is 0 Å². The lowest BCUT2D eigenvalue weighted by molar-refractivity contribution is 0.0339. The highest BCUT2D eigenvalue weighted by Crippen LogP contribution is 2.25. The Labute approximate surface area is 120 Å². The molecule has 2 saturated heterocycles. The van der Waals surface area contributed by atoms with Crippen molar-refractivity contribution in [3.05, 3.63) is 18.1 Å². The molecule has 0 unspecified atom stereocenters. The first-order chi connectivity index (χ1) is 9.64. The van der Waals surface area contributed by atoms with Gasteiger partial charge in [-0.2, -0.15) is 0 Å². The summed E-state index contributed by atoms with van der Waals surface area (Å²) in [6.07, 6.45) is 5.62. The fourth-order valence-electron chi connectivity index (χ4n) is 2.56. The molecule has 0 aliphatic carbocycles. The van der Waals surface area contributed by atoms with Crippen molar-refractivity contribution in [2.24, 2.45) is 5.41 Å². The first-order valence-electron chi connectivity index (χ1n) is 7.27. The van der Waals surface area contributed by atoms with E-state index in [-0.39, 0.29) is 12.5 Å². The van der Waals surface area contributed by atoms with Crippen molar-refractivity contribution in [1.29, 1.82) is 0 Å². The minimum absolute atomic E-state index is 0.0717. The number of ether oxygens (including phenoxy) is 1. The summed E-state index contributed by atoms with van der Waals surface area (Å²) in [4.78, 5) is 9.01. The SMILES string of the molecule is CC1(C)COB(c2cncc(C3CCOCC3)n2)OC1. The zero-order chi connectivity index (χ0) is 14.0. The molecule has 0 saturated carbocycles. The maximum absolute atomic E-state index is 5.77. The minimum Gasteiger partial charge on any atom is -0.406 e. The normalized spacial score (nSPS) is 23.8. The lowest BCUT2D eigenvalue weighted by Crippen LogP contribution is -2.48. The molecule has 2 aliphatic rings. The molecule has 1 aromatic heterocycles. The van der Waals surface area contributed by atoms with Crippen molar-refractivity contribution >= 4 is 12.7 Å². The van der Waals surface area contributed by atoms with Crippen LogP contribution in [0.15, 0.2) is 12.4 Å². The van der Waals surface area contributed by atoms with Crippen LogP contribution in [0.3, 0.4) is 0 Å². The van der Waals surface area contributed by atoms with Gasteiger partial charge in [0.05, 0.1) is 11.3 Å². The van der Waals surface area contributed by atoms with Crippen molar-refractivity contribution in [2.45, 2.75) is 32.6 Å². The summed E-state index contributed by atoms with van der Waals surface area (Å²) in [5, 5.41) is 0. The van der Waals surface area contributed by atoms with E-state index in [0.29, 0.717) is 19.1 Å². The van der Waals surface area contributed by atoms with Gasteiger partial charge in [-0.05, 0) is 12.8 Å². The fourth-order valence-corrected chi connectivity index (χ4v) is 2.56. The summed E-state index contributed by atoms with van der Waals surface area (Å²) >= 11 is 0. The van der Waals surface area contributed by atoms with Gasteiger partial charge in [-0.25, -0.2) is 0 Å². The van der Waals surface area contributed by atoms with Crippen LogP contribution in [-0.2, 0) is 14.0 Å². The molecule has 2 fully saturated rings. The first kappa shape index (κ1) is 14.0. The van der Waals surface area contributed by atoms with Crippen molar-refractivity contribution in [2.75, 3.05) is 26.4 Å². The van der Waals surface area contributed by atoms with E-state index in [0.717, 1.165) is 37.3 Å². The molecule has 108 valence electrons. The van der Waals surface area contributed by atoms with E-state index in [9.17, 15) is 0 Å². The third-order valence-electron chi connectivity index (χ3n) is 3.80.